The van der Waals surface area contributed by atoms with Crippen molar-refractivity contribution in [3.63, 3.8) is 0 Å². The molecule has 8 nitrogen and oxygen atoms in total. The minimum absolute atomic E-state index is 0.00484. The third-order valence-electron chi connectivity index (χ3n) is 3.34. The van der Waals surface area contributed by atoms with Crippen LogP contribution in [-0.2, 0) is 14.8 Å². The number of carboxylic acid groups (broad SMARTS) is 1. The van der Waals surface area contributed by atoms with Gasteiger partial charge in [0.2, 0.25) is 10.0 Å². The van der Waals surface area contributed by atoms with E-state index < -0.39 is 34.0 Å². The van der Waals surface area contributed by atoms with E-state index in [1.807, 2.05) is 0 Å². The van der Waals surface area contributed by atoms with Crippen molar-refractivity contribution in [3.05, 3.63) is 0 Å². The lowest BCUT2D eigenvalue weighted by Gasteiger charge is -2.23. The van der Waals surface area contributed by atoms with Crippen molar-refractivity contribution in [1.82, 2.24) is 14.9 Å². The molecule has 2 atom stereocenters. The molecule has 1 aliphatic heterocycles. The van der Waals surface area contributed by atoms with Crippen LogP contribution >= 0.6 is 0 Å². The van der Waals surface area contributed by atoms with Gasteiger partial charge in [0.05, 0.1) is 11.7 Å². The molecular formula is C11H21N3O5S. The first-order valence-corrected chi connectivity index (χ1v) is 8.18. The van der Waals surface area contributed by atoms with Crippen molar-refractivity contribution in [2.45, 2.75) is 26.3 Å². The van der Waals surface area contributed by atoms with Crippen LogP contribution in [0.1, 0.15) is 20.3 Å². The number of carboxylic acids is 1. The molecule has 1 saturated heterocycles. The normalized spacial score (nSPS) is 22.8. The summed E-state index contributed by atoms with van der Waals surface area (Å²) < 4.78 is 25.1. The standard InChI is InChI=1S/C11H21N3O5S/c1-3-13-20(18,19)7-5-12-11(17)14-6-4-9(8(14)2)10(15)16/h8-9,13H,3-7H2,1-2H3,(H,12,17)(H,15,16). The van der Waals surface area contributed by atoms with Gasteiger partial charge in [0.1, 0.15) is 0 Å². The predicted molar refractivity (Wildman–Crippen MR) is 72.8 cm³/mol. The van der Waals surface area contributed by atoms with Crippen molar-refractivity contribution in [1.29, 1.82) is 0 Å². The molecule has 0 radical (unpaired) electrons. The van der Waals surface area contributed by atoms with Crippen molar-refractivity contribution >= 4 is 22.0 Å². The van der Waals surface area contributed by atoms with Crippen molar-refractivity contribution in [3.8, 4) is 0 Å². The summed E-state index contributed by atoms with van der Waals surface area (Å²) >= 11 is 0. The van der Waals surface area contributed by atoms with E-state index in [-0.39, 0.29) is 12.3 Å². The van der Waals surface area contributed by atoms with E-state index in [1.165, 1.54) is 4.90 Å². The maximum Gasteiger partial charge on any atom is 0.317 e. The summed E-state index contributed by atoms with van der Waals surface area (Å²) in [6, 6.07) is -0.814. The van der Waals surface area contributed by atoms with Crippen molar-refractivity contribution in [2.24, 2.45) is 5.92 Å². The molecule has 9 heteroatoms. The Morgan fingerprint density at radius 1 is 1.40 bits per heavy atom. The van der Waals surface area contributed by atoms with E-state index in [4.69, 9.17) is 5.11 Å². The van der Waals surface area contributed by atoms with Gasteiger partial charge in [-0.05, 0) is 13.3 Å². The number of urea groups is 1. The van der Waals surface area contributed by atoms with Crippen molar-refractivity contribution < 1.29 is 23.1 Å². The molecule has 1 heterocycles. The molecule has 0 bridgehead atoms. The van der Waals surface area contributed by atoms with Crippen LogP contribution in [0.2, 0.25) is 0 Å². The summed E-state index contributed by atoms with van der Waals surface area (Å²) in [5, 5.41) is 11.5. The first-order chi connectivity index (χ1) is 9.28. The highest BCUT2D eigenvalue weighted by Gasteiger charge is 2.38. The smallest absolute Gasteiger partial charge is 0.317 e. The van der Waals surface area contributed by atoms with Gasteiger partial charge in [-0.25, -0.2) is 17.9 Å². The molecule has 1 aliphatic rings. The Hall–Kier alpha value is -1.35. The predicted octanol–water partition coefficient (Wildman–Crippen LogP) is -0.570. The Morgan fingerprint density at radius 3 is 2.55 bits per heavy atom. The summed E-state index contributed by atoms with van der Waals surface area (Å²) in [6.07, 6.45) is 0.416. The fourth-order valence-electron chi connectivity index (χ4n) is 2.24. The Bertz CT molecular complexity index is 465. The van der Waals surface area contributed by atoms with Crippen LogP contribution in [0, 0.1) is 5.92 Å². The number of nitrogens with zero attached hydrogens (tertiary/aromatic N) is 1. The van der Waals surface area contributed by atoms with Crippen molar-refractivity contribution in [2.75, 3.05) is 25.4 Å². The zero-order valence-corrected chi connectivity index (χ0v) is 12.4. The molecule has 2 unspecified atom stereocenters. The molecule has 0 aliphatic carbocycles. The summed E-state index contributed by atoms with van der Waals surface area (Å²) in [5.41, 5.74) is 0. The lowest BCUT2D eigenvalue weighted by molar-refractivity contribution is -0.142. The average Bonchev–Trinajstić information content (AvgIpc) is 2.70. The number of carbonyl (C=O) groups is 2. The van der Waals surface area contributed by atoms with Gasteiger partial charge < -0.3 is 15.3 Å². The molecule has 116 valence electrons. The van der Waals surface area contributed by atoms with Gasteiger partial charge in [0, 0.05) is 25.7 Å². The first kappa shape index (κ1) is 16.7. The maximum atomic E-state index is 11.9. The molecule has 1 fully saturated rings. The maximum absolute atomic E-state index is 11.9. The number of sulfonamides is 1. The van der Waals surface area contributed by atoms with E-state index >= 15 is 0 Å². The third-order valence-corrected chi connectivity index (χ3v) is 4.81. The highest BCUT2D eigenvalue weighted by Crippen LogP contribution is 2.24. The van der Waals surface area contributed by atoms with E-state index in [9.17, 15) is 18.0 Å². The third kappa shape index (κ3) is 4.34. The van der Waals surface area contributed by atoms with E-state index in [1.54, 1.807) is 13.8 Å². The monoisotopic (exact) mass is 307 g/mol. The van der Waals surface area contributed by atoms with Crippen LogP contribution in [0.3, 0.4) is 0 Å². The largest absolute Gasteiger partial charge is 0.481 e. The summed E-state index contributed by atoms with van der Waals surface area (Å²) in [6.45, 7) is 4.02. The lowest BCUT2D eigenvalue weighted by atomic mass is 10.0. The van der Waals surface area contributed by atoms with Crippen LogP contribution in [0.25, 0.3) is 0 Å². The molecule has 0 saturated carbocycles. The highest BCUT2D eigenvalue weighted by molar-refractivity contribution is 7.89. The van der Waals surface area contributed by atoms with Gasteiger partial charge in [-0.15, -0.1) is 0 Å². The van der Waals surface area contributed by atoms with Crippen LogP contribution in [-0.4, -0.2) is 61.9 Å². The molecule has 0 spiro atoms. The molecule has 0 aromatic carbocycles. The number of likely N-dealkylation sites (tertiary alicyclic amines) is 1. The van der Waals surface area contributed by atoms with Crippen LogP contribution in [0.5, 0.6) is 0 Å². The Labute approximate surface area is 118 Å². The molecule has 20 heavy (non-hydrogen) atoms. The summed E-state index contributed by atoms with van der Waals surface area (Å²) in [4.78, 5) is 24.3. The number of nitrogens with one attached hydrogen (secondary N) is 2. The van der Waals surface area contributed by atoms with Gasteiger partial charge in [0.25, 0.3) is 0 Å². The van der Waals surface area contributed by atoms with E-state index in [2.05, 4.69) is 10.0 Å². The second-order valence-electron chi connectivity index (χ2n) is 4.72. The molecule has 3 N–H and O–H groups in total. The SMILES string of the molecule is CCNS(=O)(=O)CCNC(=O)N1CCC(C(=O)O)C1C. The Balaban J connectivity index is 2.43. The lowest BCUT2D eigenvalue weighted by Crippen LogP contribution is -2.45. The number of amides is 2. The summed E-state index contributed by atoms with van der Waals surface area (Å²) in [5.74, 6) is -1.68. The topological polar surface area (TPSA) is 116 Å². The Morgan fingerprint density at radius 2 is 2.05 bits per heavy atom. The number of hydrogen-bond donors (Lipinski definition) is 3. The van der Waals surface area contributed by atoms with Gasteiger partial charge in [-0.2, -0.15) is 0 Å². The molecule has 0 aromatic heterocycles. The van der Waals surface area contributed by atoms with Gasteiger partial charge in [0.15, 0.2) is 0 Å². The van der Waals surface area contributed by atoms with Gasteiger partial charge >= 0.3 is 12.0 Å². The number of hydrogen-bond acceptors (Lipinski definition) is 4. The second-order valence-corrected chi connectivity index (χ2v) is 6.64. The van der Waals surface area contributed by atoms with Gasteiger partial charge in [-0.1, -0.05) is 6.92 Å². The fraction of sp³-hybridized carbons (Fsp3) is 0.818. The molecule has 1 rings (SSSR count). The highest BCUT2D eigenvalue weighted by atomic mass is 32.2. The number of aliphatic carboxylic acids is 1. The van der Waals surface area contributed by atoms with Crippen LogP contribution in [0.15, 0.2) is 0 Å². The van der Waals surface area contributed by atoms with E-state index in [0.29, 0.717) is 19.5 Å². The summed E-state index contributed by atoms with van der Waals surface area (Å²) in [7, 11) is -3.37. The van der Waals surface area contributed by atoms with Crippen LogP contribution < -0.4 is 10.0 Å². The molecule has 2 amide bonds. The zero-order valence-electron chi connectivity index (χ0n) is 11.6. The zero-order chi connectivity index (χ0) is 15.3. The number of carbonyl (C=O) groups excluding carboxylic acids is 1. The second kappa shape index (κ2) is 6.89. The minimum atomic E-state index is -3.37. The first-order valence-electron chi connectivity index (χ1n) is 6.53. The fourth-order valence-corrected chi connectivity index (χ4v) is 3.20. The minimum Gasteiger partial charge on any atom is -0.481 e. The average molecular weight is 307 g/mol. The quantitative estimate of drug-likeness (QED) is 0.608. The van der Waals surface area contributed by atoms with E-state index in [0.717, 1.165) is 0 Å². The van der Waals surface area contributed by atoms with Gasteiger partial charge in [-0.3, -0.25) is 4.79 Å². The number of rotatable bonds is 6. The van der Waals surface area contributed by atoms with Crippen LogP contribution in [0.4, 0.5) is 4.79 Å². The molecular weight excluding hydrogens is 286 g/mol. The molecule has 0 aromatic rings. The Kier molecular flexibility index (Phi) is 5.75.